The van der Waals surface area contributed by atoms with Gasteiger partial charge in [-0.1, -0.05) is 18.0 Å². The molecule has 6 heteroatoms. The van der Waals surface area contributed by atoms with E-state index in [1.165, 1.54) is 6.42 Å². The molecule has 2 rings (SSSR count). The van der Waals surface area contributed by atoms with Crippen LogP contribution in [-0.2, 0) is 9.84 Å². The molecule has 2 atom stereocenters. The van der Waals surface area contributed by atoms with Crippen molar-refractivity contribution >= 4 is 21.4 Å². The number of halogens is 1. The number of nitrogens with two attached hydrogens (primary N) is 1. The molecule has 1 aromatic carbocycles. The van der Waals surface area contributed by atoms with Gasteiger partial charge in [0.15, 0.2) is 9.84 Å². The van der Waals surface area contributed by atoms with E-state index < -0.39 is 9.84 Å². The summed E-state index contributed by atoms with van der Waals surface area (Å²) >= 11 is 5.79. The van der Waals surface area contributed by atoms with Gasteiger partial charge in [0, 0.05) is 17.6 Å². The van der Waals surface area contributed by atoms with E-state index in [9.17, 15) is 8.42 Å². The van der Waals surface area contributed by atoms with E-state index >= 15 is 0 Å². The van der Waals surface area contributed by atoms with Crippen LogP contribution in [0.15, 0.2) is 29.2 Å². The predicted molar refractivity (Wildman–Crippen MR) is 86.3 cm³/mol. The minimum absolute atomic E-state index is 0.124. The third-order valence-corrected chi connectivity index (χ3v) is 6.34. The van der Waals surface area contributed by atoms with Crippen molar-refractivity contribution in [2.75, 3.05) is 25.9 Å². The smallest absolute Gasteiger partial charge is 0.179 e. The van der Waals surface area contributed by atoms with E-state index in [4.69, 9.17) is 17.3 Å². The quantitative estimate of drug-likeness (QED) is 0.868. The molecule has 0 saturated heterocycles. The average Bonchev–Trinajstić information content (AvgIpc) is 2.94. The summed E-state index contributed by atoms with van der Waals surface area (Å²) in [6.07, 6.45) is 3.44. The Morgan fingerprint density at radius 3 is 2.57 bits per heavy atom. The highest BCUT2D eigenvalue weighted by Gasteiger charge is 2.29. The number of hydrogen-bond acceptors (Lipinski definition) is 4. The lowest BCUT2D eigenvalue weighted by atomic mass is 10.0. The second-order valence-corrected chi connectivity index (χ2v) is 8.29. The third-order valence-electron chi connectivity index (χ3n) is 4.37. The van der Waals surface area contributed by atoms with Gasteiger partial charge < -0.3 is 10.6 Å². The van der Waals surface area contributed by atoms with Gasteiger partial charge >= 0.3 is 0 Å². The summed E-state index contributed by atoms with van der Waals surface area (Å²) < 4.78 is 24.6. The molecule has 118 valence electrons. The second-order valence-electron chi connectivity index (χ2n) is 5.75. The van der Waals surface area contributed by atoms with Gasteiger partial charge in [-0.3, -0.25) is 0 Å². The van der Waals surface area contributed by atoms with Gasteiger partial charge in [0.05, 0.1) is 10.6 Å². The molecule has 0 amide bonds. The first-order valence-corrected chi connectivity index (χ1v) is 9.35. The van der Waals surface area contributed by atoms with E-state index in [-0.39, 0.29) is 5.75 Å². The average molecular weight is 331 g/mol. The lowest BCUT2D eigenvalue weighted by Crippen LogP contribution is -2.40. The predicted octanol–water partition coefficient (Wildman–Crippen LogP) is 2.17. The molecule has 1 aliphatic rings. The van der Waals surface area contributed by atoms with Crippen LogP contribution < -0.4 is 5.73 Å². The molecule has 0 heterocycles. The monoisotopic (exact) mass is 330 g/mol. The number of nitrogens with zero attached hydrogens (tertiary/aromatic N) is 1. The van der Waals surface area contributed by atoms with E-state index in [1.807, 2.05) is 7.05 Å². The fraction of sp³-hybridized carbons (Fsp3) is 0.600. The molecule has 0 radical (unpaired) electrons. The molecular formula is C15H23ClN2O2S. The fourth-order valence-corrected chi connectivity index (χ4v) is 4.50. The zero-order valence-corrected chi connectivity index (χ0v) is 13.9. The number of sulfone groups is 1. The van der Waals surface area contributed by atoms with Crippen LogP contribution in [0, 0.1) is 5.92 Å². The van der Waals surface area contributed by atoms with E-state index in [2.05, 4.69) is 4.90 Å². The van der Waals surface area contributed by atoms with Crippen LogP contribution in [0.25, 0.3) is 0 Å². The Hall–Kier alpha value is -0.620. The van der Waals surface area contributed by atoms with Gasteiger partial charge in [0.25, 0.3) is 0 Å². The zero-order chi connectivity index (χ0) is 15.5. The molecule has 1 fully saturated rings. The molecule has 1 aromatic rings. The summed E-state index contributed by atoms with van der Waals surface area (Å²) in [5.74, 6) is 0.618. The molecule has 2 unspecified atom stereocenters. The van der Waals surface area contributed by atoms with Crippen molar-refractivity contribution in [1.29, 1.82) is 0 Å². The SMILES string of the molecule is CN(CCS(=O)(=O)c1ccc(Cl)cc1)C1CCCC1CN. The van der Waals surface area contributed by atoms with Crippen molar-refractivity contribution in [2.24, 2.45) is 11.7 Å². The van der Waals surface area contributed by atoms with E-state index in [1.54, 1.807) is 24.3 Å². The first-order valence-electron chi connectivity index (χ1n) is 7.32. The van der Waals surface area contributed by atoms with Crippen molar-refractivity contribution < 1.29 is 8.42 Å². The lowest BCUT2D eigenvalue weighted by Gasteiger charge is -2.28. The van der Waals surface area contributed by atoms with Gasteiger partial charge in [-0.15, -0.1) is 0 Å². The summed E-state index contributed by atoms with van der Waals surface area (Å²) in [6, 6.07) is 6.76. The van der Waals surface area contributed by atoms with Gasteiger partial charge in [-0.05, 0) is 56.6 Å². The van der Waals surface area contributed by atoms with Crippen molar-refractivity contribution in [1.82, 2.24) is 4.90 Å². The Morgan fingerprint density at radius 2 is 1.95 bits per heavy atom. The number of hydrogen-bond donors (Lipinski definition) is 1. The maximum atomic E-state index is 12.3. The Labute approximate surface area is 132 Å². The Bertz CT molecular complexity index is 560. The third kappa shape index (κ3) is 4.19. The zero-order valence-electron chi connectivity index (χ0n) is 12.3. The van der Waals surface area contributed by atoms with Gasteiger partial charge in [-0.2, -0.15) is 0 Å². The summed E-state index contributed by atoms with van der Waals surface area (Å²) in [5, 5.41) is 0.544. The maximum Gasteiger partial charge on any atom is 0.179 e. The first-order chi connectivity index (χ1) is 9.94. The molecule has 2 N–H and O–H groups in total. The van der Waals surface area contributed by atoms with Crippen LogP contribution in [0.2, 0.25) is 5.02 Å². The first kappa shape index (κ1) is 16.7. The van der Waals surface area contributed by atoms with Crippen LogP contribution in [0.1, 0.15) is 19.3 Å². The van der Waals surface area contributed by atoms with Crippen molar-refractivity contribution in [3.8, 4) is 0 Å². The van der Waals surface area contributed by atoms with Crippen LogP contribution >= 0.6 is 11.6 Å². The van der Waals surface area contributed by atoms with E-state index in [0.717, 1.165) is 12.8 Å². The molecule has 1 saturated carbocycles. The summed E-state index contributed by atoms with van der Waals surface area (Å²) in [4.78, 5) is 2.49. The van der Waals surface area contributed by atoms with Gasteiger partial charge in [0.1, 0.15) is 0 Å². The van der Waals surface area contributed by atoms with Crippen LogP contribution in [0.5, 0.6) is 0 Å². The minimum Gasteiger partial charge on any atom is -0.330 e. The lowest BCUT2D eigenvalue weighted by molar-refractivity contribution is 0.211. The number of rotatable bonds is 6. The maximum absolute atomic E-state index is 12.3. The highest BCUT2D eigenvalue weighted by molar-refractivity contribution is 7.91. The van der Waals surface area contributed by atoms with Crippen LogP contribution in [-0.4, -0.2) is 45.2 Å². The number of benzene rings is 1. The fourth-order valence-electron chi connectivity index (χ4n) is 3.06. The molecule has 0 spiro atoms. The minimum atomic E-state index is -3.26. The largest absolute Gasteiger partial charge is 0.330 e. The highest BCUT2D eigenvalue weighted by atomic mass is 35.5. The van der Waals surface area contributed by atoms with E-state index in [0.29, 0.717) is 35.0 Å². The Morgan fingerprint density at radius 1 is 1.29 bits per heavy atom. The summed E-state index contributed by atoms with van der Waals surface area (Å²) in [5.41, 5.74) is 5.79. The molecule has 1 aliphatic carbocycles. The standard InChI is InChI=1S/C15H23ClN2O2S/c1-18(15-4-2-3-12(15)11-17)9-10-21(19,20)14-7-5-13(16)6-8-14/h5-8,12,15H,2-4,9-11,17H2,1H3. The van der Waals surface area contributed by atoms with Crippen LogP contribution in [0.3, 0.4) is 0 Å². The molecule has 0 aliphatic heterocycles. The Balaban J connectivity index is 1.96. The normalized spacial score (nSPS) is 22.9. The molecule has 21 heavy (non-hydrogen) atoms. The molecular weight excluding hydrogens is 308 g/mol. The molecule has 4 nitrogen and oxygen atoms in total. The van der Waals surface area contributed by atoms with Crippen molar-refractivity contribution in [3.05, 3.63) is 29.3 Å². The Kier molecular flexibility index (Phi) is 5.66. The highest BCUT2D eigenvalue weighted by Crippen LogP contribution is 2.28. The summed E-state index contributed by atoms with van der Waals surface area (Å²) in [6.45, 7) is 1.21. The van der Waals surface area contributed by atoms with Crippen molar-refractivity contribution in [2.45, 2.75) is 30.2 Å². The van der Waals surface area contributed by atoms with Gasteiger partial charge in [-0.25, -0.2) is 8.42 Å². The molecule has 0 aromatic heterocycles. The summed E-state index contributed by atoms with van der Waals surface area (Å²) in [7, 11) is -1.26. The van der Waals surface area contributed by atoms with Crippen LogP contribution in [0.4, 0.5) is 0 Å². The van der Waals surface area contributed by atoms with Crippen molar-refractivity contribution in [3.63, 3.8) is 0 Å². The molecule has 0 bridgehead atoms. The topological polar surface area (TPSA) is 63.4 Å². The van der Waals surface area contributed by atoms with Gasteiger partial charge in [0.2, 0.25) is 0 Å². The second kappa shape index (κ2) is 7.09.